The highest BCUT2D eigenvalue weighted by molar-refractivity contribution is 7.89. The summed E-state index contributed by atoms with van der Waals surface area (Å²) in [6.07, 6.45) is -4.91. The van der Waals surface area contributed by atoms with Crippen LogP contribution in [0.25, 0.3) is 0 Å². The lowest BCUT2D eigenvalue weighted by atomic mass is 10.2. The summed E-state index contributed by atoms with van der Waals surface area (Å²) < 4.78 is 72.6. The molecule has 0 radical (unpaired) electrons. The van der Waals surface area contributed by atoms with Crippen LogP contribution in [0.4, 0.5) is 13.2 Å². The van der Waals surface area contributed by atoms with Gasteiger partial charge in [0, 0.05) is 19.2 Å². The maximum absolute atomic E-state index is 12.8. The van der Waals surface area contributed by atoms with Gasteiger partial charge in [-0.15, -0.1) is 13.2 Å². The molecule has 0 atom stereocenters. The molecule has 0 aliphatic rings. The van der Waals surface area contributed by atoms with E-state index in [0.717, 1.165) is 17.5 Å². The summed E-state index contributed by atoms with van der Waals surface area (Å²) in [6.45, 7) is -0.399. The van der Waals surface area contributed by atoms with Crippen LogP contribution in [0, 0.1) is 0 Å². The van der Waals surface area contributed by atoms with E-state index in [4.69, 9.17) is 0 Å². The Balaban J connectivity index is 2.37. The summed E-state index contributed by atoms with van der Waals surface area (Å²) in [5.41, 5.74) is -0.164. The lowest BCUT2D eigenvalue weighted by Gasteiger charge is -2.20. The first-order chi connectivity index (χ1) is 12.6. The fraction of sp³-hybridized carbons (Fsp3) is 0.235. The lowest BCUT2D eigenvalue weighted by molar-refractivity contribution is -0.274. The van der Waals surface area contributed by atoms with Gasteiger partial charge in [0.05, 0.1) is 17.6 Å². The van der Waals surface area contributed by atoms with Crippen LogP contribution in [0.15, 0.2) is 53.4 Å². The van der Waals surface area contributed by atoms with Crippen LogP contribution in [0.5, 0.6) is 5.75 Å². The summed E-state index contributed by atoms with van der Waals surface area (Å²) in [4.78, 5) is 11.5. The van der Waals surface area contributed by atoms with Crippen LogP contribution in [0.1, 0.15) is 15.9 Å². The van der Waals surface area contributed by atoms with E-state index in [1.165, 1.54) is 49.5 Å². The van der Waals surface area contributed by atoms with Gasteiger partial charge in [0.25, 0.3) is 0 Å². The minimum absolute atomic E-state index is 0.0106. The summed E-state index contributed by atoms with van der Waals surface area (Å²) >= 11 is 0. The van der Waals surface area contributed by atoms with E-state index in [-0.39, 0.29) is 16.0 Å². The summed E-state index contributed by atoms with van der Waals surface area (Å²) in [5.74, 6) is -1.35. The zero-order chi connectivity index (χ0) is 20.2. The van der Waals surface area contributed by atoms with Gasteiger partial charge in [0.2, 0.25) is 10.0 Å². The molecule has 6 nitrogen and oxygen atoms in total. The predicted octanol–water partition coefficient (Wildman–Crippen LogP) is 3.19. The van der Waals surface area contributed by atoms with Gasteiger partial charge in [-0.1, -0.05) is 30.3 Å². The Labute approximate surface area is 154 Å². The fourth-order valence-corrected chi connectivity index (χ4v) is 3.65. The first-order valence-corrected chi connectivity index (χ1v) is 8.97. The van der Waals surface area contributed by atoms with Crippen molar-refractivity contribution in [1.29, 1.82) is 0 Å². The molecule has 146 valence electrons. The van der Waals surface area contributed by atoms with Crippen molar-refractivity contribution in [2.75, 3.05) is 14.2 Å². The summed E-state index contributed by atoms with van der Waals surface area (Å²) in [6, 6.07) is 10.6. The molecular weight excluding hydrogens is 387 g/mol. The molecule has 0 aromatic heterocycles. The average Bonchev–Trinajstić information content (AvgIpc) is 2.61. The molecule has 0 saturated heterocycles. The third-order valence-electron chi connectivity index (χ3n) is 3.57. The van der Waals surface area contributed by atoms with Crippen molar-refractivity contribution in [2.24, 2.45) is 0 Å². The van der Waals surface area contributed by atoms with E-state index in [9.17, 15) is 26.4 Å². The molecule has 2 aromatic carbocycles. The number of sulfonamides is 1. The molecule has 10 heteroatoms. The quantitative estimate of drug-likeness (QED) is 0.693. The molecule has 0 saturated carbocycles. The second-order valence-corrected chi connectivity index (χ2v) is 7.42. The number of para-hydroxylation sites is 1. The molecule has 0 spiro atoms. The Morgan fingerprint density at radius 2 is 1.67 bits per heavy atom. The second kappa shape index (κ2) is 7.97. The molecule has 0 N–H and O–H groups in total. The van der Waals surface area contributed by atoms with Crippen molar-refractivity contribution < 1.29 is 35.9 Å². The van der Waals surface area contributed by atoms with Crippen molar-refractivity contribution in [3.05, 3.63) is 59.7 Å². The minimum Gasteiger partial charge on any atom is -0.465 e. The number of esters is 1. The van der Waals surface area contributed by atoms with Crippen molar-refractivity contribution in [3.63, 3.8) is 0 Å². The highest BCUT2D eigenvalue weighted by Gasteiger charge is 2.33. The molecule has 0 heterocycles. The smallest absolute Gasteiger partial charge is 0.465 e. The van der Waals surface area contributed by atoms with E-state index in [1.807, 2.05) is 0 Å². The van der Waals surface area contributed by atoms with Gasteiger partial charge in [-0.2, -0.15) is 4.31 Å². The predicted molar refractivity (Wildman–Crippen MR) is 89.6 cm³/mol. The first-order valence-electron chi connectivity index (χ1n) is 7.53. The van der Waals surface area contributed by atoms with Crippen LogP contribution < -0.4 is 4.74 Å². The van der Waals surface area contributed by atoms with Crippen molar-refractivity contribution in [1.82, 2.24) is 4.31 Å². The topological polar surface area (TPSA) is 72.9 Å². The van der Waals surface area contributed by atoms with Gasteiger partial charge in [-0.3, -0.25) is 0 Å². The van der Waals surface area contributed by atoms with Crippen molar-refractivity contribution in [3.8, 4) is 5.75 Å². The van der Waals surface area contributed by atoms with E-state index in [0.29, 0.717) is 0 Å². The Hall–Kier alpha value is -2.59. The number of ether oxygens (including phenoxy) is 2. The third kappa shape index (κ3) is 4.98. The van der Waals surface area contributed by atoms with Crippen LogP contribution in [-0.2, 0) is 21.3 Å². The van der Waals surface area contributed by atoms with Crippen molar-refractivity contribution >= 4 is 16.0 Å². The standard InChI is InChI=1S/C17H16F3NO5S/c1-21(11-12-7-3-5-9-14(12)26-17(18,19)20)27(23,24)15-10-6-4-8-13(15)16(22)25-2/h3-10H,11H2,1-2H3. The van der Waals surface area contributed by atoms with Crippen LogP contribution >= 0.6 is 0 Å². The molecule has 0 aliphatic carbocycles. The highest BCUT2D eigenvalue weighted by atomic mass is 32.2. The normalized spacial score (nSPS) is 12.1. The molecule has 0 fully saturated rings. The number of halogens is 3. The van der Waals surface area contributed by atoms with E-state index in [2.05, 4.69) is 9.47 Å². The number of rotatable bonds is 6. The largest absolute Gasteiger partial charge is 0.573 e. The second-order valence-electron chi connectivity index (χ2n) is 5.40. The molecule has 27 heavy (non-hydrogen) atoms. The number of hydrogen-bond acceptors (Lipinski definition) is 5. The van der Waals surface area contributed by atoms with E-state index < -0.39 is 34.6 Å². The SMILES string of the molecule is COC(=O)c1ccccc1S(=O)(=O)N(C)Cc1ccccc1OC(F)(F)F. The maximum Gasteiger partial charge on any atom is 0.573 e. The van der Waals surface area contributed by atoms with Gasteiger partial charge in [0.1, 0.15) is 5.75 Å². The Kier molecular flexibility index (Phi) is 6.11. The number of alkyl halides is 3. The van der Waals surface area contributed by atoms with Gasteiger partial charge in [0.15, 0.2) is 0 Å². The third-order valence-corrected chi connectivity index (χ3v) is 5.43. The van der Waals surface area contributed by atoms with E-state index >= 15 is 0 Å². The minimum atomic E-state index is -4.91. The molecule has 2 rings (SSSR count). The fourth-order valence-electron chi connectivity index (χ4n) is 2.32. The summed E-state index contributed by atoms with van der Waals surface area (Å²) in [5, 5.41) is 0. The molecule has 0 amide bonds. The van der Waals surface area contributed by atoms with Gasteiger partial charge >= 0.3 is 12.3 Å². The van der Waals surface area contributed by atoms with Gasteiger partial charge in [-0.25, -0.2) is 13.2 Å². The maximum atomic E-state index is 12.8. The first kappa shape index (κ1) is 20.7. The Morgan fingerprint density at radius 3 is 2.30 bits per heavy atom. The van der Waals surface area contributed by atoms with Crippen LogP contribution in [0.2, 0.25) is 0 Å². The number of carbonyl (C=O) groups is 1. The number of nitrogens with zero attached hydrogens (tertiary/aromatic N) is 1. The zero-order valence-corrected chi connectivity index (χ0v) is 15.2. The number of benzene rings is 2. The number of methoxy groups -OCH3 is 1. The molecule has 0 bridgehead atoms. The van der Waals surface area contributed by atoms with Crippen LogP contribution in [-0.4, -0.2) is 39.2 Å². The Bertz CT molecular complexity index is 928. The molecule has 2 aromatic rings. The van der Waals surface area contributed by atoms with Gasteiger partial charge in [-0.05, 0) is 18.2 Å². The monoisotopic (exact) mass is 403 g/mol. The average molecular weight is 403 g/mol. The molecule has 0 aliphatic heterocycles. The zero-order valence-electron chi connectivity index (χ0n) is 14.4. The van der Waals surface area contributed by atoms with E-state index in [1.54, 1.807) is 0 Å². The van der Waals surface area contributed by atoms with Crippen LogP contribution in [0.3, 0.4) is 0 Å². The van der Waals surface area contributed by atoms with Gasteiger partial charge < -0.3 is 9.47 Å². The number of carbonyl (C=O) groups excluding carboxylic acids is 1. The lowest BCUT2D eigenvalue weighted by Crippen LogP contribution is -2.28. The van der Waals surface area contributed by atoms with Crippen molar-refractivity contribution in [2.45, 2.75) is 17.8 Å². The molecule has 0 unspecified atom stereocenters. The molecular formula is C17H16F3NO5S. The summed E-state index contributed by atoms with van der Waals surface area (Å²) in [7, 11) is -1.89. The highest BCUT2D eigenvalue weighted by Crippen LogP contribution is 2.28. The Morgan fingerprint density at radius 1 is 1.07 bits per heavy atom. The number of hydrogen-bond donors (Lipinski definition) is 0.